The quantitative estimate of drug-likeness (QED) is 0.798. The van der Waals surface area contributed by atoms with E-state index in [9.17, 15) is 4.79 Å². The third-order valence-electron chi connectivity index (χ3n) is 3.40. The molecule has 0 saturated heterocycles. The maximum Gasteiger partial charge on any atom is 0.253 e. The van der Waals surface area contributed by atoms with Crippen LogP contribution in [-0.4, -0.2) is 17.4 Å². The number of para-hydroxylation sites is 1. The number of nitrogens with zero attached hydrogens (tertiary/aromatic N) is 1. The third kappa shape index (κ3) is 2.74. The Kier molecular flexibility index (Phi) is 3.60. The topological polar surface area (TPSA) is 42.7 Å². The molecule has 1 amide bonds. The molecule has 0 radical (unpaired) electrons. The summed E-state index contributed by atoms with van der Waals surface area (Å²) < 4.78 is 7.20. The Balaban J connectivity index is 1.74. The van der Waals surface area contributed by atoms with E-state index in [-0.39, 0.29) is 5.91 Å². The van der Waals surface area contributed by atoms with E-state index in [1.807, 2.05) is 65.3 Å². The molecule has 4 heteroatoms. The molecule has 2 heterocycles. The number of fused-ring (bicyclic) bond motifs is 1. The summed E-state index contributed by atoms with van der Waals surface area (Å²) in [6, 6.07) is 15.4. The summed E-state index contributed by atoms with van der Waals surface area (Å²) in [5.74, 6) is 0.685. The summed E-state index contributed by atoms with van der Waals surface area (Å²) in [5.41, 5.74) is 2.60. The number of hydrogen-bond donors (Lipinski definition) is 1. The number of carbonyl (C=O) groups is 1. The fraction of sp³-hybridized carbons (Fsp3) is 0.118. The molecule has 0 spiro atoms. The van der Waals surface area contributed by atoms with Crippen molar-refractivity contribution in [2.45, 2.75) is 6.54 Å². The SMILES string of the molecule is COc1ccccc1CNC(=O)c1cc2ccccn2c1. The minimum atomic E-state index is -0.0930. The number of nitrogens with one attached hydrogen (secondary N) is 1. The van der Waals surface area contributed by atoms with Crippen molar-refractivity contribution in [2.75, 3.05) is 7.11 Å². The van der Waals surface area contributed by atoms with E-state index < -0.39 is 0 Å². The normalized spacial score (nSPS) is 10.5. The highest BCUT2D eigenvalue weighted by Gasteiger charge is 2.09. The fourth-order valence-electron chi connectivity index (χ4n) is 2.31. The van der Waals surface area contributed by atoms with Gasteiger partial charge in [-0.2, -0.15) is 0 Å². The highest BCUT2D eigenvalue weighted by molar-refractivity contribution is 5.95. The number of methoxy groups -OCH3 is 1. The lowest BCUT2D eigenvalue weighted by atomic mass is 10.2. The Labute approximate surface area is 123 Å². The van der Waals surface area contributed by atoms with E-state index in [4.69, 9.17) is 4.74 Å². The predicted molar refractivity (Wildman–Crippen MR) is 81.6 cm³/mol. The zero-order chi connectivity index (χ0) is 14.7. The van der Waals surface area contributed by atoms with Crippen molar-refractivity contribution in [1.29, 1.82) is 0 Å². The Hall–Kier alpha value is -2.75. The molecule has 0 saturated carbocycles. The van der Waals surface area contributed by atoms with Gasteiger partial charge in [0, 0.05) is 30.0 Å². The van der Waals surface area contributed by atoms with Crippen LogP contribution in [0.15, 0.2) is 60.9 Å². The third-order valence-corrected chi connectivity index (χ3v) is 3.40. The lowest BCUT2D eigenvalue weighted by molar-refractivity contribution is 0.0951. The number of rotatable bonds is 4. The first-order valence-corrected chi connectivity index (χ1v) is 6.75. The van der Waals surface area contributed by atoms with Crippen molar-refractivity contribution >= 4 is 11.4 Å². The zero-order valence-corrected chi connectivity index (χ0v) is 11.7. The van der Waals surface area contributed by atoms with Crippen molar-refractivity contribution in [1.82, 2.24) is 9.72 Å². The maximum atomic E-state index is 12.2. The van der Waals surface area contributed by atoms with Gasteiger partial charge >= 0.3 is 0 Å². The second-order valence-electron chi connectivity index (χ2n) is 4.76. The van der Waals surface area contributed by atoms with Crippen molar-refractivity contribution in [3.05, 3.63) is 72.1 Å². The summed E-state index contributed by atoms with van der Waals surface area (Å²) in [7, 11) is 1.63. The molecule has 1 aromatic carbocycles. The molecule has 0 bridgehead atoms. The second-order valence-corrected chi connectivity index (χ2v) is 4.76. The molecule has 0 aliphatic rings. The first-order valence-electron chi connectivity index (χ1n) is 6.75. The molecule has 106 valence electrons. The van der Waals surface area contributed by atoms with Crippen LogP contribution in [0.25, 0.3) is 5.52 Å². The Morgan fingerprint density at radius 1 is 1.19 bits per heavy atom. The van der Waals surface area contributed by atoms with Gasteiger partial charge in [-0.05, 0) is 24.3 Å². The van der Waals surface area contributed by atoms with Crippen LogP contribution in [0.5, 0.6) is 5.75 Å². The molecule has 21 heavy (non-hydrogen) atoms. The van der Waals surface area contributed by atoms with Crippen LogP contribution < -0.4 is 10.1 Å². The molecule has 0 atom stereocenters. The van der Waals surface area contributed by atoms with E-state index in [2.05, 4.69) is 5.32 Å². The molecular weight excluding hydrogens is 264 g/mol. The highest BCUT2D eigenvalue weighted by Crippen LogP contribution is 2.17. The van der Waals surface area contributed by atoms with Crippen LogP contribution in [0.4, 0.5) is 0 Å². The van der Waals surface area contributed by atoms with E-state index in [1.165, 1.54) is 0 Å². The molecule has 0 unspecified atom stereocenters. The lowest BCUT2D eigenvalue weighted by Crippen LogP contribution is -2.22. The molecule has 3 rings (SSSR count). The van der Waals surface area contributed by atoms with Gasteiger partial charge in [-0.15, -0.1) is 0 Å². The van der Waals surface area contributed by atoms with Gasteiger partial charge in [-0.25, -0.2) is 0 Å². The molecule has 1 N–H and O–H groups in total. The molecule has 0 aliphatic carbocycles. The number of amides is 1. The number of benzene rings is 1. The second kappa shape index (κ2) is 5.71. The number of hydrogen-bond acceptors (Lipinski definition) is 2. The molecular formula is C17H16N2O2. The minimum Gasteiger partial charge on any atom is -0.496 e. The van der Waals surface area contributed by atoms with Gasteiger partial charge in [0.15, 0.2) is 0 Å². The van der Waals surface area contributed by atoms with Crippen LogP contribution in [0.1, 0.15) is 15.9 Å². The van der Waals surface area contributed by atoms with E-state index in [0.29, 0.717) is 12.1 Å². The number of aromatic nitrogens is 1. The van der Waals surface area contributed by atoms with Crippen molar-refractivity contribution in [2.24, 2.45) is 0 Å². The number of pyridine rings is 1. The first kappa shape index (κ1) is 13.2. The highest BCUT2D eigenvalue weighted by atomic mass is 16.5. The first-order chi connectivity index (χ1) is 10.3. The van der Waals surface area contributed by atoms with Crippen molar-refractivity contribution < 1.29 is 9.53 Å². The Morgan fingerprint density at radius 3 is 2.81 bits per heavy atom. The van der Waals surface area contributed by atoms with Gasteiger partial charge in [0.1, 0.15) is 5.75 Å². The minimum absolute atomic E-state index is 0.0930. The van der Waals surface area contributed by atoms with Gasteiger partial charge in [0.25, 0.3) is 5.91 Å². The van der Waals surface area contributed by atoms with Crippen molar-refractivity contribution in [3.63, 3.8) is 0 Å². The van der Waals surface area contributed by atoms with Crippen LogP contribution in [0.3, 0.4) is 0 Å². The van der Waals surface area contributed by atoms with Gasteiger partial charge < -0.3 is 14.5 Å². The number of ether oxygens (including phenoxy) is 1. The molecule has 2 aromatic heterocycles. The Morgan fingerprint density at radius 2 is 2.00 bits per heavy atom. The summed E-state index contributed by atoms with van der Waals surface area (Å²) in [6.07, 6.45) is 3.75. The van der Waals surface area contributed by atoms with E-state index in [0.717, 1.165) is 16.8 Å². The van der Waals surface area contributed by atoms with Crippen LogP contribution >= 0.6 is 0 Å². The maximum absolute atomic E-state index is 12.2. The largest absolute Gasteiger partial charge is 0.496 e. The standard InChI is InChI=1S/C17H16N2O2/c1-21-16-8-3-2-6-13(16)11-18-17(20)14-10-15-7-4-5-9-19(15)12-14/h2-10,12H,11H2,1H3,(H,18,20). The average molecular weight is 280 g/mol. The molecule has 0 aliphatic heterocycles. The van der Waals surface area contributed by atoms with Gasteiger partial charge in [-0.1, -0.05) is 24.3 Å². The van der Waals surface area contributed by atoms with Gasteiger partial charge in [-0.3, -0.25) is 4.79 Å². The smallest absolute Gasteiger partial charge is 0.253 e. The predicted octanol–water partition coefficient (Wildman–Crippen LogP) is 2.88. The monoisotopic (exact) mass is 280 g/mol. The summed E-state index contributed by atoms with van der Waals surface area (Å²) >= 11 is 0. The summed E-state index contributed by atoms with van der Waals surface area (Å²) in [4.78, 5) is 12.2. The van der Waals surface area contributed by atoms with Crippen molar-refractivity contribution in [3.8, 4) is 5.75 Å². The van der Waals surface area contributed by atoms with E-state index >= 15 is 0 Å². The summed E-state index contributed by atoms with van der Waals surface area (Å²) in [5, 5.41) is 2.92. The average Bonchev–Trinajstić information content (AvgIpc) is 2.97. The fourth-order valence-corrected chi connectivity index (χ4v) is 2.31. The van der Waals surface area contributed by atoms with Crippen LogP contribution in [0, 0.1) is 0 Å². The Bertz CT molecular complexity index is 744. The molecule has 3 aromatic rings. The van der Waals surface area contributed by atoms with Crippen LogP contribution in [-0.2, 0) is 6.54 Å². The molecule has 4 nitrogen and oxygen atoms in total. The lowest BCUT2D eigenvalue weighted by Gasteiger charge is -2.08. The zero-order valence-electron chi connectivity index (χ0n) is 11.7. The van der Waals surface area contributed by atoms with Gasteiger partial charge in [0.2, 0.25) is 0 Å². The molecule has 0 fully saturated rings. The number of carbonyl (C=O) groups excluding carboxylic acids is 1. The summed E-state index contributed by atoms with van der Waals surface area (Å²) in [6.45, 7) is 0.440. The van der Waals surface area contributed by atoms with Gasteiger partial charge in [0.05, 0.1) is 12.7 Å². The van der Waals surface area contributed by atoms with Crippen LogP contribution in [0.2, 0.25) is 0 Å². The van der Waals surface area contributed by atoms with E-state index in [1.54, 1.807) is 7.11 Å².